The highest BCUT2D eigenvalue weighted by Crippen LogP contribution is 2.17. The Labute approximate surface area is 104 Å². The molecule has 4 nitrogen and oxygen atoms in total. The zero-order valence-electron chi connectivity index (χ0n) is 11.1. The van der Waals surface area contributed by atoms with Crippen LogP contribution >= 0.6 is 0 Å². The van der Waals surface area contributed by atoms with Gasteiger partial charge in [0.2, 0.25) is 5.91 Å². The molecule has 0 heterocycles. The van der Waals surface area contributed by atoms with Gasteiger partial charge in [-0.05, 0) is 26.2 Å². The summed E-state index contributed by atoms with van der Waals surface area (Å²) in [5.41, 5.74) is 5.26. The molecule has 1 saturated carbocycles. The molecule has 0 aromatic heterocycles. The van der Waals surface area contributed by atoms with Crippen molar-refractivity contribution in [2.24, 2.45) is 5.73 Å². The van der Waals surface area contributed by atoms with Crippen LogP contribution in [-0.4, -0.2) is 30.7 Å². The first-order valence-electron chi connectivity index (χ1n) is 6.73. The first-order valence-corrected chi connectivity index (χ1v) is 6.73. The van der Waals surface area contributed by atoms with Gasteiger partial charge in [0.1, 0.15) is 6.61 Å². The monoisotopic (exact) mass is 242 g/mol. The minimum atomic E-state index is -0.371. The number of carbonyl (C=O) groups is 1. The van der Waals surface area contributed by atoms with E-state index in [4.69, 9.17) is 10.5 Å². The second kappa shape index (κ2) is 6.97. The highest BCUT2D eigenvalue weighted by Gasteiger charge is 2.23. The molecule has 0 spiro atoms. The van der Waals surface area contributed by atoms with E-state index < -0.39 is 0 Å². The molecule has 1 atom stereocenters. The Morgan fingerprint density at radius 3 is 2.59 bits per heavy atom. The molecule has 100 valence electrons. The fourth-order valence-electron chi connectivity index (χ4n) is 2.06. The molecule has 1 rings (SSSR count). The van der Waals surface area contributed by atoms with E-state index in [9.17, 15) is 4.79 Å². The van der Waals surface area contributed by atoms with E-state index in [2.05, 4.69) is 5.32 Å². The summed E-state index contributed by atoms with van der Waals surface area (Å²) >= 11 is 0. The first kappa shape index (κ1) is 14.5. The van der Waals surface area contributed by atoms with Crippen LogP contribution in [0.4, 0.5) is 0 Å². The molecule has 0 aromatic rings. The molecule has 1 aliphatic rings. The molecule has 0 aromatic carbocycles. The molecular weight excluding hydrogens is 216 g/mol. The average molecular weight is 242 g/mol. The molecule has 1 unspecified atom stereocenters. The molecule has 3 N–H and O–H groups in total. The highest BCUT2D eigenvalue weighted by molar-refractivity contribution is 5.77. The van der Waals surface area contributed by atoms with E-state index in [1.165, 1.54) is 19.3 Å². The van der Waals surface area contributed by atoms with E-state index in [-0.39, 0.29) is 18.1 Å². The number of nitrogens with two attached hydrogens (primary N) is 1. The second-order valence-electron chi connectivity index (χ2n) is 5.20. The fourth-order valence-corrected chi connectivity index (χ4v) is 2.06. The van der Waals surface area contributed by atoms with Crippen molar-refractivity contribution >= 4 is 5.91 Å². The van der Waals surface area contributed by atoms with Crippen molar-refractivity contribution in [1.29, 1.82) is 0 Å². The van der Waals surface area contributed by atoms with Gasteiger partial charge in [-0.25, -0.2) is 0 Å². The van der Waals surface area contributed by atoms with Gasteiger partial charge in [-0.3, -0.25) is 4.79 Å². The Morgan fingerprint density at radius 1 is 1.41 bits per heavy atom. The molecule has 1 aliphatic carbocycles. The van der Waals surface area contributed by atoms with Gasteiger partial charge in [-0.1, -0.05) is 26.2 Å². The lowest BCUT2D eigenvalue weighted by molar-refractivity contribution is -0.132. The van der Waals surface area contributed by atoms with Gasteiger partial charge >= 0.3 is 0 Å². The topological polar surface area (TPSA) is 64.3 Å². The number of amides is 1. The van der Waals surface area contributed by atoms with E-state index >= 15 is 0 Å². The van der Waals surface area contributed by atoms with Crippen LogP contribution in [0.15, 0.2) is 0 Å². The van der Waals surface area contributed by atoms with Crippen molar-refractivity contribution in [3.63, 3.8) is 0 Å². The molecule has 0 bridgehead atoms. The summed E-state index contributed by atoms with van der Waals surface area (Å²) in [4.78, 5) is 11.7. The van der Waals surface area contributed by atoms with Crippen LogP contribution in [0.1, 0.15) is 52.4 Å². The zero-order valence-corrected chi connectivity index (χ0v) is 11.1. The Kier molecular flexibility index (Phi) is 5.92. The van der Waals surface area contributed by atoms with Crippen molar-refractivity contribution in [3.05, 3.63) is 0 Å². The largest absolute Gasteiger partial charge is 0.364 e. The van der Waals surface area contributed by atoms with Gasteiger partial charge in [0, 0.05) is 12.6 Å². The summed E-state index contributed by atoms with van der Waals surface area (Å²) in [6, 6.07) is 0.352. The summed E-state index contributed by atoms with van der Waals surface area (Å²) < 4.78 is 5.59. The second-order valence-corrected chi connectivity index (χ2v) is 5.20. The lowest BCUT2D eigenvalue weighted by Crippen LogP contribution is -2.43. The van der Waals surface area contributed by atoms with E-state index in [0.29, 0.717) is 12.6 Å². The first-order chi connectivity index (χ1) is 8.09. The SMILES string of the molecule is CCC(C)(CN)OCC(=O)NC1CCCCC1. The van der Waals surface area contributed by atoms with Crippen LogP contribution in [0.2, 0.25) is 0 Å². The lowest BCUT2D eigenvalue weighted by Gasteiger charge is -2.28. The third-order valence-electron chi connectivity index (χ3n) is 3.70. The van der Waals surface area contributed by atoms with Crippen LogP contribution in [0.5, 0.6) is 0 Å². The van der Waals surface area contributed by atoms with Gasteiger partial charge in [0.25, 0.3) is 0 Å². The smallest absolute Gasteiger partial charge is 0.246 e. The maximum Gasteiger partial charge on any atom is 0.246 e. The maximum absolute atomic E-state index is 11.7. The molecule has 0 saturated heterocycles. The average Bonchev–Trinajstić information content (AvgIpc) is 2.37. The highest BCUT2D eigenvalue weighted by atomic mass is 16.5. The third kappa shape index (κ3) is 5.04. The molecule has 1 fully saturated rings. The van der Waals surface area contributed by atoms with Gasteiger partial charge in [-0.15, -0.1) is 0 Å². The number of nitrogens with one attached hydrogen (secondary N) is 1. The Bertz CT molecular complexity index is 234. The van der Waals surface area contributed by atoms with E-state index in [1.807, 2.05) is 13.8 Å². The minimum Gasteiger partial charge on any atom is -0.364 e. The number of hydrogen-bond donors (Lipinski definition) is 2. The fraction of sp³-hybridized carbons (Fsp3) is 0.923. The lowest BCUT2D eigenvalue weighted by atomic mass is 9.95. The minimum absolute atomic E-state index is 0.00924. The molecular formula is C13H26N2O2. The van der Waals surface area contributed by atoms with Gasteiger partial charge in [0.05, 0.1) is 5.60 Å². The summed E-state index contributed by atoms with van der Waals surface area (Å²) in [6.45, 7) is 4.53. The Morgan fingerprint density at radius 2 is 2.06 bits per heavy atom. The standard InChI is InChI=1S/C13H26N2O2/c1-3-13(2,10-14)17-9-12(16)15-11-7-5-4-6-8-11/h11H,3-10,14H2,1-2H3,(H,15,16). The van der Waals surface area contributed by atoms with Gasteiger partial charge in [-0.2, -0.15) is 0 Å². The van der Waals surface area contributed by atoms with Crippen LogP contribution in [0, 0.1) is 0 Å². The summed E-state index contributed by atoms with van der Waals surface area (Å²) in [7, 11) is 0. The van der Waals surface area contributed by atoms with Crippen molar-refractivity contribution in [3.8, 4) is 0 Å². The van der Waals surface area contributed by atoms with Crippen molar-refractivity contribution in [2.75, 3.05) is 13.2 Å². The van der Waals surface area contributed by atoms with Crippen LogP contribution in [-0.2, 0) is 9.53 Å². The van der Waals surface area contributed by atoms with E-state index in [1.54, 1.807) is 0 Å². The quantitative estimate of drug-likeness (QED) is 0.743. The van der Waals surface area contributed by atoms with Gasteiger partial charge in [0.15, 0.2) is 0 Å². The molecule has 17 heavy (non-hydrogen) atoms. The van der Waals surface area contributed by atoms with Crippen LogP contribution < -0.4 is 11.1 Å². The predicted molar refractivity (Wildman–Crippen MR) is 68.7 cm³/mol. The Hall–Kier alpha value is -0.610. The number of carbonyl (C=O) groups excluding carboxylic acids is 1. The molecule has 1 amide bonds. The maximum atomic E-state index is 11.7. The zero-order chi connectivity index (χ0) is 12.7. The summed E-state index contributed by atoms with van der Waals surface area (Å²) in [5.74, 6) is -0.00924. The number of rotatable bonds is 6. The molecule has 4 heteroatoms. The number of ether oxygens (including phenoxy) is 1. The third-order valence-corrected chi connectivity index (χ3v) is 3.70. The van der Waals surface area contributed by atoms with Crippen LogP contribution in [0.3, 0.4) is 0 Å². The summed E-state index contributed by atoms with van der Waals surface area (Å²) in [6.07, 6.45) is 6.77. The van der Waals surface area contributed by atoms with E-state index in [0.717, 1.165) is 19.3 Å². The van der Waals surface area contributed by atoms with Crippen molar-refractivity contribution in [1.82, 2.24) is 5.32 Å². The van der Waals surface area contributed by atoms with Crippen molar-refractivity contribution in [2.45, 2.75) is 64.0 Å². The summed E-state index contributed by atoms with van der Waals surface area (Å²) in [5, 5.41) is 3.03. The molecule has 0 radical (unpaired) electrons. The normalized spacial score (nSPS) is 20.9. The van der Waals surface area contributed by atoms with Gasteiger partial charge < -0.3 is 15.8 Å². The van der Waals surface area contributed by atoms with Crippen LogP contribution in [0.25, 0.3) is 0 Å². The Balaban J connectivity index is 2.24. The van der Waals surface area contributed by atoms with Crippen molar-refractivity contribution < 1.29 is 9.53 Å². The predicted octanol–water partition coefficient (Wildman–Crippen LogP) is 1.58. The molecule has 0 aliphatic heterocycles. The number of hydrogen-bond acceptors (Lipinski definition) is 3.